The maximum absolute atomic E-state index is 11.8. The zero-order chi connectivity index (χ0) is 14.7. The van der Waals surface area contributed by atoms with Crippen LogP contribution in [0, 0.1) is 0 Å². The minimum atomic E-state index is -1.63. The van der Waals surface area contributed by atoms with Gasteiger partial charge in [-0.1, -0.05) is 30.3 Å². The van der Waals surface area contributed by atoms with Crippen molar-refractivity contribution in [3.05, 3.63) is 35.9 Å². The maximum Gasteiger partial charge on any atom is 0.341 e. The van der Waals surface area contributed by atoms with E-state index in [1.165, 1.54) is 6.92 Å². The van der Waals surface area contributed by atoms with Crippen LogP contribution in [0.25, 0.3) is 0 Å². The van der Waals surface area contributed by atoms with E-state index in [1.807, 2.05) is 0 Å². The molecule has 1 unspecified atom stereocenters. The molecular formula is C15H20O4. The number of carbonyl (C=O) groups excluding carboxylic acids is 1. The van der Waals surface area contributed by atoms with E-state index in [0.29, 0.717) is 5.56 Å². The van der Waals surface area contributed by atoms with Gasteiger partial charge in [-0.15, -0.1) is 0 Å². The summed E-state index contributed by atoms with van der Waals surface area (Å²) in [6.07, 6.45) is -0.191. The Balaban J connectivity index is 3.35. The number of ether oxygens (including phenoxy) is 1. The highest BCUT2D eigenvalue weighted by Gasteiger charge is 2.45. The molecule has 0 fully saturated rings. The van der Waals surface area contributed by atoms with Crippen LogP contribution in [0.3, 0.4) is 0 Å². The lowest BCUT2D eigenvalue weighted by atomic mass is 9.87. The molecule has 0 aliphatic rings. The van der Waals surface area contributed by atoms with Gasteiger partial charge in [0.05, 0.1) is 12.0 Å². The maximum atomic E-state index is 11.8. The molecule has 4 heteroatoms. The molecule has 0 heterocycles. The first-order valence-electron chi connectivity index (χ1n) is 6.16. The summed E-state index contributed by atoms with van der Waals surface area (Å²) in [4.78, 5) is 23.2. The van der Waals surface area contributed by atoms with Gasteiger partial charge in [0, 0.05) is 0 Å². The number of carboxylic acids is 1. The number of benzene rings is 1. The van der Waals surface area contributed by atoms with Crippen molar-refractivity contribution in [2.75, 3.05) is 0 Å². The van der Waals surface area contributed by atoms with Crippen LogP contribution in [0.1, 0.15) is 39.7 Å². The number of carboxylic acid groups (broad SMARTS) is 1. The van der Waals surface area contributed by atoms with Gasteiger partial charge in [-0.3, -0.25) is 4.79 Å². The summed E-state index contributed by atoms with van der Waals surface area (Å²) in [5.41, 5.74) is -1.83. The van der Waals surface area contributed by atoms with Gasteiger partial charge < -0.3 is 9.84 Å². The van der Waals surface area contributed by atoms with Crippen LogP contribution >= 0.6 is 0 Å². The third-order valence-corrected chi connectivity index (χ3v) is 2.56. The molecule has 1 N–H and O–H groups in total. The molecule has 0 saturated heterocycles. The molecule has 0 spiro atoms. The summed E-state index contributed by atoms with van der Waals surface area (Å²) in [6, 6.07) is 8.60. The van der Waals surface area contributed by atoms with E-state index >= 15 is 0 Å². The van der Waals surface area contributed by atoms with Crippen LogP contribution in [0.4, 0.5) is 0 Å². The summed E-state index contributed by atoms with van der Waals surface area (Å²) in [5.74, 6) is -1.38. The molecule has 19 heavy (non-hydrogen) atoms. The average molecular weight is 264 g/mol. The molecule has 0 aromatic heterocycles. The van der Waals surface area contributed by atoms with Crippen LogP contribution in [0.2, 0.25) is 0 Å². The van der Waals surface area contributed by atoms with E-state index in [-0.39, 0.29) is 12.2 Å². The first kappa shape index (κ1) is 15.4. The van der Waals surface area contributed by atoms with Crippen molar-refractivity contribution in [2.45, 2.75) is 45.3 Å². The van der Waals surface area contributed by atoms with E-state index < -0.39 is 17.2 Å². The normalized spacial score (nSPS) is 14.7. The second kappa shape index (κ2) is 5.53. The molecule has 0 amide bonds. The molecule has 0 aliphatic heterocycles. The highest BCUT2D eigenvalue weighted by atomic mass is 16.5. The zero-order valence-electron chi connectivity index (χ0n) is 11.8. The third kappa shape index (κ3) is 3.89. The summed E-state index contributed by atoms with van der Waals surface area (Å²) >= 11 is 0. The quantitative estimate of drug-likeness (QED) is 0.888. The Bertz CT molecular complexity index is 459. The zero-order valence-corrected chi connectivity index (χ0v) is 11.8. The predicted molar refractivity (Wildman–Crippen MR) is 71.9 cm³/mol. The number of carbonyl (C=O) groups is 2. The highest BCUT2D eigenvalue weighted by Crippen LogP contribution is 2.34. The number of hydrogen-bond donors (Lipinski definition) is 1. The molecule has 4 nitrogen and oxygen atoms in total. The molecular weight excluding hydrogens is 244 g/mol. The lowest BCUT2D eigenvalue weighted by Gasteiger charge is -2.36. The molecule has 1 aromatic carbocycles. The smallest absolute Gasteiger partial charge is 0.341 e. The minimum absolute atomic E-state index is 0.191. The Morgan fingerprint density at radius 1 is 1.16 bits per heavy atom. The van der Waals surface area contributed by atoms with Crippen molar-refractivity contribution in [3.8, 4) is 0 Å². The van der Waals surface area contributed by atoms with E-state index in [2.05, 4.69) is 0 Å². The van der Waals surface area contributed by atoms with Crippen molar-refractivity contribution in [3.63, 3.8) is 0 Å². The van der Waals surface area contributed by atoms with Gasteiger partial charge >= 0.3 is 5.97 Å². The Kier molecular flexibility index (Phi) is 4.48. The number of aliphatic carboxylic acids is 1. The number of Topliss-reactive ketones (excluding diaryl/α,β-unsaturated/α-hetero) is 1. The Morgan fingerprint density at radius 3 is 2.05 bits per heavy atom. The van der Waals surface area contributed by atoms with Crippen molar-refractivity contribution >= 4 is 11.8 Å². The van der Waals surface area contributed by atoms with Crippen LogP contribution in [-0.2, 0) is 19.9 Å². The van der Waals surface area contributed by atoms with Crippen LogP contribution in [0.15, 0.2) is 30.3 Å². The van der Waals surface area contributed by atoms with E-state index in [4.69, 9.17) is 4.74 Å². The van der Waals surface area contributed by atoms with Gasteiger partial charge in [0.15, 0.2) is 5.60 Å². The molecule has 1 aromatic rings. The van der Waals surface area contributed by atoms with E-state index in [0.717, 1.165) is 0 Å². The van der Waals surface area contributed by atoms with Crippen LogP contribution in [-0.4, -0.2) is 22.5 Å². The Morgan fingerprint density at radius 2 is 1.68 bits per heavy atom. The summed E-state index contributed by atoms with van der Waals surface area (Å²) in [5, 5.41) is 9.61. The third-order valence-electron chi connectivity index (χ3n) is 2.56. The molecule has 104 valence electrons. The Labute approximate surface area is 113 Å². The monoisotopic (exact) mass is 264 g/mol. The number of ketones is 1. The predicted octanol–water partition coefficient (Wildman–Crippen LogP) is 2.76. The first-order chi connectivity index (χ1) is 8.67. The second-order valence-corrected chi connectivity index (χ2v) is 5.59. The summed E-state index contributed by atoms with van der Waals surface area (Å²) in [7, 11) is 0. The molecule has 1 rings (SSSR count). The number of hydrogen-bond acceptors (Lipinski definition) is 3. The molecule has 1 atom stereocenters. The second-order valence-electron chi connectivity index (χ2n) is 5.59. The van der Waals surface area contributed by atoms with Crippen molar-refractivity contribution in [1.82, 2.24) is 0 Å². The lowest BCUT2D eigenvalue weighted by molar-refractivity contribution is -0.190. The van der Waals surface area contributed by atoms with Crippen molar-refractivity contribution in [2.24, 2.45) is 0 Å². The highest BCUT2D eigenvalue weighted by molar-refractivity contribution is 5.88. The molecule has 0 bridgehead atoms. The van der Waals surface area contributed by atoms with E-state index in [9.17, 15) is 14.7 Å². The summed E-state index contributed by atoms with van der Waals surface area (Å²) < 4.78 is 5.76. The van der Waals surface area contributed by atoms with Crippen molar-refractivity contribution in [1.29, 1.82) is 0 Å². The lowest BCUT2D eigenvalue weighted by Crippen LogP contribution is -2.45. The Hall–Kier alpha value is -1.68. The fourth-order valence-electron chi connectivity index (χ4n) is 2.02. The number of rotatable bonds is 5. The largest absolute Gasteiger partial charge is 0.479 e. The molecule has 0 radical (unpaired) electrons. The average Bonchev–Trinajstić information content (AvgIpc) is 2.26. The minimum Gasteiger partial charge on any atom is -0.479 e. The van der Waals surface area contributed by atoms with Gasteiger partial charge in [0.1, 0.15) is 5.78 Å². The van der Waals surface area contributed by atoms with Gasteiger partial charge in [-0.2, -0.15) is 0 Å². The topological polar surface area (TPSA) is 63.6 Å². The van der Waals surface area contributed by atoms with Gasteiger partial charge in [-0.05, 0) is 33.3 Å². The fraction of sp³-hybridized carbons (Fsp3) is 0.467. The van der Waals surface area contributed by atoms with Crippen molar-refractivity contribution < 1.29 is 19.4 Å². The van der Waals surface area contributed by atoms with E-state index in [1.54, 1.807) is 51.1 Å². The summed E-state index contributed by atoms with van der Waals surface area (Å²) in [6.45, 7) is 6.68. The van der Waals surface area contributed by atoms with Crippen LogP contribution in [0.5, 0.6) is 0 Å². The first-order valence-corrected chi connectivity index (χ1v) is 6.16. The SMILES string of the molecule is CC(=O)CC(OC(C)(C)C)(C(=O)O)c1ccccc1. The van der Waals surface area contributed by atoms with Crippen LogP contribution < -0.4 is 0 Å². The fourth-order valence-corrected chi connectivity index (χ4v) is 2.02. The van der Waals surface area contributed by atoms with Gasteiger partial charge in [0.25, 0.3) is 0 Å². The van der Waals surface area contributed by atoms with Gasteiger partial charge in [0.2, 0.25) is 0 Å². The van der Waals surface area contributed by atoms with Gasteiger partial charge in [-0.25, -0.2) is 4.79 Å². The standard InChI is InChI=1S/C15H20O4/c1-11(16)10-15(13(17)18,19-14(2,3)4)12-8-6-5-7-9-12/h5-9H,10H2,1-4H3,(H,17,18). The molecule has 0 saturated carbocycles. The molecule has 0 aliphatic carbocycles.